The van der Waals surface area contributed by atoms with E-state index in [9.17, 15) is 0 Å². The van der Waals surface area contributed by atoms with E-state index >= 15 is 0 Å². The average Bonchev–Trinajstić information content (AvgIpc) is 2.34. The van der Waals surface area contributed by atoms with E-state index in [2.05, 4.69) is 50.2 Å². The maximum Gasteiger partial charge on any atom is -0.0235 e. The van der Waals surface area contributed by atoms with Crippen molar-refractivity contribution in [3.05, 3.63) is 69.8 Å². The van der Waals surface area contributed by atoms with E-state index in [1.54, 1.807) is 22.3 Å². The van der Waals surface area contributed by atoms with Gasteiger partial charge in [0.25, 0.3) is 0 Å². The quantitative estimate of drug-likeness (QED) is 0.643. The second-order valence-corrected chi connectivity index (χ2v) is 5.54. The molecule has 1 aliphatic carbocycles. The van der Waals surface area contributed by atoms with Crippen LogP contribution in [0.4, 0.5) is 0 Å². The second-order valence-electron chi connectivity index (χ2n) is 5.54. The van der Waals surface area contributed by atoms with E-state index in [4.69, 9.17) is 0 Å². The van der Waals surface area contributed by atoms with Gasteiger partial charge in [-0.1, -0.05) is 47.5 Å². The van der Waals surface area contributed by atoms with E-state index in [0.29, 0.717) is 0 Å². The molecule has 2 aromatic rings. The molecule has 0 fully saturated rings. The smallest absolute Gasteiger partial charge is 0.0235 e. The summed E-state index contributed by atoms with van der Waals surface area (Å²) in [5.74, 6) is 0. The highest BCUT2D eigenvalue weighted by Crippen LogP contribution is 2.23. The minimum atomic E-state index is 1.19. The maximum atomic E-state index is 2.37. The van der Waals surface area contributed by atoms with E-state index in [1.165, 1.54) is 36.8 Å². The average molecular weight is 236 g/mol. The van der Waals surface area contributed by atoms with Gasteiger partial charge in [-0.15, -0.1) is 0 Å². The van der Waals surface area contributed by atoms with Crippen molar-refractivity contribution in [3.63, 3.8) is 0 Å². The summed E-state index contributed by atoms with van der Waals surface area (Å²) in [4.78, 5) is 0. The van der Waals surface area contributed by atoms with Gasteiger partial charge in [0.15, 0.2) is 0 Å². The highest BCUT2D eigenvalue weighted by Gasteiger charge is 2.11. The Kier molecular flexibility index (Phi) is 2.95. The third kappa shape index (κ3) is 2.20. The zero-order valence-corrected chi connectivity index (χ0v) is 11.3. The molecule has 0 spiro atoms. The van der Waals surface area contributed by atoms with Gasteiger partial charge in [0.2, 0.25) is 0 Å². The largest absolute Gasteiger partial charge is 0.0590 e. The van der Waals surface area contributed by atoms with Crippen LogP contribution in [0.25, 0.3) is 0 Å². The Morgan fingerprint density at radius 1 is 0.556 bits per heavy atom. The molecular weight excluding hydrogens is 216 g/mol. The third-order valence-electron chi connectivity index (χ3n) is 4.05. The molecule has 0 heteroatoms. The minimum Gasteiger partial charge on any atom is -0.0590 e. The summed E-state index contributed by atoms with van der Waals surface area (Å²) in [7, 11) is 0. The Labute approximate surface area is 110 Å². The van der Waals surface area contributed by atoms with Gasteiger partial charge in [0.1, 0.15) is 0 Å². The van der Waals surface area contributed by atoms with Crippen LogP contribution in [0.1, 0.15) is 33.4 Å². The molecule has 3 rings (SSSR count). The van der Waals surface area contributed by atoms with Gasteiger partial charge in [-0.2, -0.15) is 0 Å². The Bertz CT molecular complexity index is 525. The molecule has 0 amide bonds. The lowest BCUT2D eigenvalue weighted by molar-refractivity contribution is 0.837. The van der Waals surface area contributed by atoms with Crippen LogP contribution in [-0.2, 0) is 25.7 Å². The van der Waals surface area contributed by atoms with Crippen LogP contribution in [-0.4, -0.2) is 0 Å². The molecule has 0 radical (unpaired) electrons. The molecular formula is C18H20. The van der Waals surface area contributed by atoms with Gasteiger partial charge in [-0.3, -0.25) is 0 Å². The van der Waals surface area contributed by atoms with Crippen molar-refractivity contribution < 1.29 is 0 Å². The first-order valence-corrected chi connectivity index (χ1v) is 6.89. The Morgan fingerprint density at radius 2 is 0.944 bits per heavy atom. The SMILES string of the molecule is Cc1ccc2c(c1)CCc1ccc(C)cc1CC2. The van der Waals surface area contributed by atoms with Crippen LogP contribution in [0.3, 0.4) is 0 Å². The molecule has 92 valence electrons. The first kappa shape index (κ1) is 11.5. The molecule has 0 saturated heterocycles. The molecule has 0 nitrogen and oxygen atoms in total. The molecule has 0 N–H and O–H groups in total. The van der Waals surface area contributed by atoms with E-state index in [0.717, 1.165) is 0 Å². The van der Waals surface area contributed by atoms with E-state index < -0.39 is 0 Å². The number of rotatable bonds is 0. The highest BCUT2D eigenvalue weighted by atomic mass is 14.2. The predicted octanol–water partition coefficient (Wildman–Crippen LogP) is 4.19. The first-order chi connectivity index (χ1) is 8.72. The molecule has 2 aromatic carbocycles. The number of hydrogen-bond acceptors (Lipinski definition) is 0. The van der Waals surface area contributed by atoms with Crippen molar-refractivity contribution in [1.82, 2.24) is 0 Å². The topological polar surface area (TPSA) is 0 Å². The summed E-state index contributed by atoms with van der Waals surface area (Å²) in [5.41, 5.74) is 8.99. The summed E-state index contributed by atoms with van der Waals surface area (Å²) in [6.07, 6.45) is 4.75. The minimum absolute atomic E-state index is 1.19. The molecule has 0 heterocycles. The molecule has 0 atom stereocenters. The van der Waals surface area contributed by atoms with E-state index in [1.807, 2.05) is 0 Å². The lowest BCUT2D eigenvalue weighted by Crippen LogP contribution is -2.07. The highest BCUT2D eigenvalue weighted by molar-refractivity contribution is 5.38. The summed E-state index contributed by atoms with van der Waals surface area (Å²) in [6.45, 7) is 4.38. The fraction of sp³-hybridized carbons (Fsp3) is 0.333. The van der Waals surface area contributed by atoms with Crippen molar-refractivity contribution in [2.75, 3.05) is 0 Å². The van der Waals surface area contributed by atoms with Crippen LogP contribution in [0.5, 0.6) is 0 Å². The van der Waals surface area contributed by atoms with Crippen molar-refractivity contribution in [1.29, 1.82) is 0 Å². The number of benzene rings is 2. The van der Waals surface area contributed by atoms with Crippen LogP contribution >= 0.6 is 0 Å². The molecule has 18 heavy (non-hydrogen) atoms. The van der Waals surface area contributed by atoms with E-state index in [-0.39, 0.29) is 0 Å². The monoisotopic (exact) mass is 236 g/mol. The van der Waals surface area contributed by atoms with Gasteiger partial charge in [0.05, 0.1) is 0 Å². The Balaban J connectivity index is 1.96. The first-order valence-electron chi connectivity index (χ1n) is 6.89. The zero-order chi connectivity index (χ0) is 12.5. The summed E-state index contributed by atoms with van der Waals surface area (Å²) in [5, 5.41) is 0. The molecule has 0 unspecified atom stereocenters. The third-order valence-corrected chi connectivity index (χ3v) is 4.05. The van der Waals surface area contributed by atoms with Crippen LogP contribution in [0.15, 0.2) is 36.4 Å². The van der Waals surface area contributed by atoms with Gasteiger partial charge in [-0.05, 0) is 61.8 Å². The summed E-state index contributed by atoms with van der Waals surface area (Å²) < 4.78 is 0. The maximum absolute atomic E-state index is 2.37. The number of aryl methyl sites for hydroxylation is 6. The van der Waals surface area contributed by atoms with Gasteiger partial charge >= 0.3 is 0 Å². The van der Waals surface area contributed by atoms with Crippen molar-refractivity contribution in [3.8, 4) is 0 Å². The van der Waals surface area contributed by atoms with Crippen LogP contribution in [0.2, 0.25) is 0 Å². The van der Waals surface area contributed by atoms with Crippen molar-refractivity contribution in [2.24, 2.45) is 0 Å². The fourth-order valence-corrected chi connectivity index (χ4v) is 3.00. The molecule has 0 aliphatic heterocycles. The Hall–Kier alpha value is -1.56. The predicted molar refractivity (Wildman–Crippen MR) is 77.2 cm³/mol. The summed E-state index contributed by atoms with van der Waals surface area (Å²) >= 11 is 0. The number of hydrogen-bond donors (Lipinski definition) is 0. The van der Waals surface area contributed by atoms with Crippen LogP contribution < -0.4 is 0 Å². The molecule has 0 aromatic heterocycles. The summed E-state index contributed by atoms with van der Waals surface area (Å²) in [6, 6.07) is 13.9. The molecule has 0 saturated carbocycles. The normalized spacial score (nSPS) is 14.3. The fourth-order valence-electron chi connectivity index (χ4n) is 3.00. The Morgan fingerprint density at radius 3 is 1.39 bits per heavy atom. The zero-order valence-electron chi connectivity index (χ0n) is 11.3. The van der Waals surface area contributed by atoms with Crippen molar-refractivity contribution in [2.45, 2.75) is 39.5 Å². The van der Waals surface area contributed by atoms with Gasteiger partial charge in [0, 0.05) is 0 Å². The molecule has 1 aliphatic rings. The lowest BCUT2D eigenvalue weighted by atomic mass is 9.88. The second kappa shape index (κ2) is 4.61. The lowest BCUT2D eigenvalue weighted by Gasteiger charge is -2.18. The van der Waals surface area contributed by atoms with Gasteiger partial charge < -0.3 is 0 Å². The van der Waals surface area contributed by atoms with Gasteiger partial charge in [-0.25, -0.2) is 0 Å². The molecule has 0 bridgehead atoms. The van der Waals surface area contributed by atoms with Crippen molar-refractivity contribution >= 4 is 0 Å². The number of fused-ring (bicyclic) bond motifs is 2. The standard InChI is InChI=1S/C18H20/c1-13-3-5-15-8-10-18-12-14(2)4-6-16(18)7-9-17(15)11-13/h3-6,11-12H,7-10H2,1-2H3. The van der Waals surface area contributed by atoms with Crippen LogP contribution in [0, 0.1) is 13.8 Å².